The third-order valence-electron chi connectivity index (χ3n) is 4.15. The molecule has 10 nitrogen and oxygen atoms in total. The van der Waals surface area contributed by atoms with Crippen LogP contribution in [0.15, 0.2) is 16.9 Å². The summed E-state index contributed by atoms with van der Waals surface area (Å²) in [5.41, 5.74) is 0.231. The van der Waals surface area contributed by atoms with Gasteiger partial charge in [-0.05, 0) is 33.1 Å². The number of amides is 1. The van der Waals surface area contributed by atoms with E-state index in [0.29, 0.717) is 28.9 Å². The fraction of sp³-hybridized carbons (Fsp3) is 0.412. The van der Waals surface area contributed by atoms with Crippen LogP contribution in [-0.4, -0.2) is 72.0 Å². The number of fused-ring (bicyclic) bond motifs is 3. The molecule has 0 atom stereocenters. The van der Waals surface area contributed by atoms with Crippen LogP contribution in [0.1, 0.15) is 16.9 Å². The minimum atomic E-state index is -0.478. The lowest BCUT2D eigenvalue weighted by Crippen LogP contribution is -2.28. The van der Waals surface area contributed by atoms with E-state index in [1.54, 1.807) is 12.1 Å². The average Bonchev–Trinajstić information content (AvgIpc) is 3.07. The molecule has 144 valence electrons. The number of hydrogen-bond acceptors (Lipinski definition) is 7. The van der Waals surface area contributed by atoms with Gasteiger partial charge in [0.05, 0.1) is 25.1 Å². The number of aromatic nitrogens is 4. The maximum atomic E-state index is 12.5. The molecule has 0 unspecified atom stereocenters. The topological polar surface area (TPSA) is 114 Å². The highest BCUT2D eigenvalue weighted by Crippen LogP contribution is 2.30. The number of ether oxygens (including phenoxy) is 2. The predicted molar refractivity (Wildman–Crippen MR) is 99.7 cm³/mol. The first-order valence-corrected chi connectivity index (χ1v) is 8.42. The first kappa shape index (κ1) is 18.6. The lowest BCUT2D eigenvalue weighted by atomic mass is 10.2. The molecular formula is C17H22N6O4. The van der Waals surface area contributed by atoms with E-state index in [4.69, 9.17) is 9.47 Å². The van der Waals surface area contributed by atoms with Crippen molar-refractivity contribution < 1.29 is 14.3 Å². The molecule has 0 saturated heterocycles. The number of aromatic amines is 1. The highest BCUT2D eigenvalue weighted by atomic mass is 16.5. The Labute approximate surface area is 155 Å². The largest absolute Gasteiger partial charge is 0.493 e. The normalized spacial score (nSPS) is 11.3. The van der Waals surface area contributed by atoms with E-state index in [0.717, 1.165) is 13.0 Å². The number of carbonyl (C=O) groups excluding carboxylic acids is 1. The minimum absolute atomic E-state index is 0.0636. The van der Waals surface area contributed by atoms with Gasteiger partial charge >= 0.3 is 0 Å². The molecule has 0 spiro atoms. The van der Waals surface area contributed by atoms with Crippen molar-refractivity contribution in [2.24, 2.45) is 0 Å². The summed E-state index contributed by atoms with van der Waals surface area (Å²) >= 11 is 0. The van der Waals surface area contributed by atoms with Gasteiger partial charge in [-0.1, -0.05) is 0 Å². The molecule has 0 saturated carbocycles. The van der Waals surface area contributed by atoms with Crippen molar-refractivity contribution in [3.63, 3.8) is 0 Å². The fourth-order valence-corrected chi connectivity index (χ4v) is 2.79. The van der Waals surface area contributed by atoms with Crippen LogP contribution in [0.2, 0.25) is 0 Å². The molecule has 2 heterocycles. The standard InChI is InChI=1S/C17H22N6O4/c1-22(2)7-5-6-18-17(25)14-15-19-16(24)10-8-12(26-3)13(27-4)9-11(10)23(15)21-20-14/h8-9,21H,5-7H2,1-4H3,(H,18,25). The van der Waals surface area contributed by atoms with Gasteiger partial charge in [-0.15, -0.1) is 5.10 Å². The van der Waals surface area contributed by atoms with E-state index in [-0.39, 0.29) is 17.2 Å². The summed E-state index contributed by atoms with van der Waals surface area (Å²) < 4.78 is 12.0. The summed E-state index contributed by atoms with van der Waals surface area (Å²) in [4.78, 5) is 31.0. The maximum absolute atomic E-state index is 12.5. The summed E-state index contributed by atoms with van der Waals surface area (Å²) in [6.07, 6.45) is 0.800. The molecule has 0 radical (unpaired) electrons. The molecule has 0 aliphatic carbocycles. The van der Waals surface area contributed by atoms with Crippen molar-refractivity contribution in [1.82, 2.24) is 30.0 Å². The third-order valence-corrected chi connectivity index (χ3v) is 4.15. The second-order valence-electron chi connectivity index (χ2n) is 6.27. The van der Waals surface area contributed by atoms with Crippen molar-refractivity contribution in [3.05, 3.63) is 28.2 Å². The van der Waals surface area contributed by atoms with Gasteiger partial charge < -0.3 is 19.7 Å². The van der Waals surface area contributed by atoms with Crippen molar-refractivity contribution >= 4 is 22.5 Å². The molecule has 1 aromatic carbocycles. The number of rotatable bonds is 7. The van der Waals surface area contributed by atoms with Crippen LogP contribution in [0.25, 0.3) is 16.6 Å². The van der Waals surface area contributed by atoms with Gasteiger partial charge in [-0.3, -0.25) is 9.59 Å². The Morgan fingerprint density at radius 2 is 1.96 bits per heavy atom. The van der Waals surface area contributed by atoms with Gasteiger partial charge in [0, 0.05) is 12.6 Å². The zero-order chi connectivity index (χ0) is 19.6. The van der Waals surface area contributed by atoms with Crippen LogP contribution in [-0.2, 0) is 0 Å². The molecule has 1 amide bonds. The van der Waals surface area contributed by atoms with Gasteiger partial charge in [-0.25, -0.2) is 9.73 Å². The quantitative estimate of drug-likeness (QED) is 0.571. The Bertz CT molecular complexity index is 1040. The highest BCUT2D eigenvalue weighted by Gasteiger charge is 2.19. The molecule has 2 aromatic heterocycles. The van der Waals surface area contributed by atoms with E-state index in [1.807, 2.05) is 19.0 Å². The number of H-pyrrole nitrogens is 1. The third kappa shape index (κ3) is 3.56. The van der Waals surface area contributed by atoms with E-state index in [9.17, 15) is 9.59 Å². The Balaban J connectivity index is 2.00. The van der Waals surface area contributed by atoms with Crippen molar-refractivity contribution in [1.29, 1.82) is 0 Å². The van der Waals surface area contributed by atoms with Crippen LogP contribution in [0.3, 0.4) is 0 Å². The number of methoxy groups -OCH3 is 2. The number of nitrogens with zero attached hydrogens (tertiary/aromatic N) is 4. The zero-order valence-corrected chi connectivity index (χ0v) is 15.7. The lowest BCUT2D eigenvalue weighted by molar-refractivity contribution is 0.0948. The SMILES string of the molecule is COc1cc2c(=O)nc3c(C(=O)NCCCN(C)C)n[nH]n3c2cc1OC. The molecule has 0 aliphatic heterocycles. The second-order valence-corrected chi connectivity index (χ2v) is 6.27. The van der Waals surface area contributed by atoms with E-state index in [2.05, 4.69) is 20.6 Å². The number of carbonyl (C=O) groups is 1. The number of hydrogen-bond donors (Lipinski definition) is 2. The van der Waals surface area contributed by atoms with Gasteiger partial charge in [0.2, 0.25) is 0 Å². The molecule has 27 heavy (non-hydrogen) atoms. The summed E-state index contributed by atoms with van der Waals surface area (Å²) in [5, 5.41) is 9.90. The minimum Gasteiger partial charge on any atom is -0.493 e. The number of nitrogens with one attached hydrogen (secondary N) is 2. The molecule has 3 rings (SSSR count). The highest BCUT2D eigenvalue weighted by molar-refractivity contribution is 5.98. The van der Waals surface area contributed by atoms with E-state index < -0.39 is 5.56 Å². The van der Waals surface area contributed by atoms with Crippen molar-refractivity contribution in [2.75, 3.05) is 41.4 Å². The molecule has 0 aliphatic rings. The molecule has 0 fully saturated rings. The van der Waals surface area contributed by atoms with Crippen molar-refractivity contribution in [3.8, 4) is 11.5 Å². The number of benzene rings is 1. The fourth-order valence-electron chi connectivity index (χ4n) is 2.79. The summed E-state index contributed by atoms with van der Waals surface area (Å²) in [6.45, 7) is 1.35. The Morgan fingerprint density at radius 1 is 1.26 bits per heavy atom. The second kappa shape index (κ2) is 7.62. The van der Waals surface area contributed by atoms with Gasteiger partial charge in [0.1, 0.15) is 0 Å². The van der Waals surface area contributed by atoms with Gasteiger partial charge in [-0.2, -0.15) is 4.98 Å². The first-order valence-electron chi connectivity index (χ1n) is 8.42. The predicted octanol–water partition coefficient (Wildman–Crippen LogP) is 0.270. The van der Waals surface area contributed by atoms with Crippen LogP contribution in [0.4, 0.5) is 0 Å². The van der Waals surface area contributed by atoms with E-state index in [1.165, 1.54) is 18.7 Å². The Hall–Kier alpha value is -3.14. The summed E-state index contributed by atoms with van der Waals surface area (Å²) in [6, 6.07) is 3.19. The van der Waals surface area contributed by atoms with Crippen LogP contribution in [0, 0.1) is 0 Å². The monoisotopic (exact) mass is 374 g/mol. The molecule has 0 bridgehead atoms. The van der Waals surface area contributed by atoms with Crippen LogP contribution in [0.5, 0.6) is 11.5 Å². The molecule has 3 aromatic rings. The smallest absolute Gasteiger partial charge is 0.281 e. The average molecular weight is 374 g/mol. The Kier molecular flexibility index (Phi) is 5.26. The van der Waals surface area contributed by atoms with Gasteiger partial charge in [0.25, 0.3) is 11.5 Å². The van der Waals surface area contributed by atoms with Crippen LogP contribution >= 0.6 is 0 Å². The maximum Gasteiger partial charge on any atom is 0.281 e. The zero-order valence-electron chi connectivity index (χ0n) is 15.7. The lowest BCUT2D eigenvalue weighted by Gasteiger charge is -2.10. The summed E-state index contributed by atoms with van der Waals surface area (Å²) in [5.74, 6) is 0.482. The molecular weight excluding hydrogens is 352 g/mol. The van der Waals surface area contributed by atoms with E-state index >= 15 is 0 Å². The molecule has 2 N–H and O–H groups in total. The summed E-state index contributed by atoms with van der Waals surface area (Å²) in [7, 11) is 6.92. The van der Waals surface area contributed by atoms with Crippen molar-refractivity contribution in [2.45, 2.75) is 6.42 Å². The van der Waals surface area contributed by atoms with Crippen LogP contribution < -0.4 is 20.3 Å². The van der Waals surface area contributed by atoms with Gasteiger partial charge in [0.15, 0.2) is 22.8 Å². The Morgan fingerprint density at radius 3 is 2.63 bits per heavy atom. The molecule has 10 heteroatoms. The first-order chi connectivity index (χ1) is 13.0.